The number of rotatable bonds is 4. The second kappa shape index (κ2) is 6.94. The van der Waals surface area contributed by atoms with Crippen molar-refractivity contribution in [3.63, 3.8) is 0 Å². The summed E-state index contributed by atoms with van der Waals surface area (Å²) >= 11 is 1.96. The minimum atomic E-state index is 0.143. The Hall–Kier alpha value is -2.31. The largest absolute Gasteiger partial charge is 0.373 e. The molecule has 1 atom stereocenters. The Morgan fingerprint density at radius 2 is 2.04 bits per heavy atom. The van der Waals surface area contributed by atoms with E-state index in [1.54, 1.807) is 12.4 Å². The first-order valence-corrected chi connectivity index (χ1v) is 10.6. The molecular weight excluding hydrogens is 370 g/mol. The van der Waals surface area contributed by atoms with E-state index in [4.69, 9.17) is 4.74 Å². The SMILES string of the molecule is Cn1cc(C(=O)N2CC3(CC(OCc4ccncc4)CS3)C2)c2ccccc21. The van der Waals surface area contributed by atoms with Gasteiger partial charge < -0.3 is 14.2 Å². The van der Waals surface area contributed by atoms with E-state index < -0.39 is 0 Å². The predicted octanol–water partition coefficient (Wildman–Crippen LogP) is 3.49. The van der Waals surface area contributed by atoms with Gasteiger partial charge in [-0.25, -0.2) is 0 Å². The molecule has 6 heteroatoms. The molecule has 3 aromatic rings. The Morgan fingerprint density at radius 1 is 1.25 bits per heavy atom. The van der Waals surface area contributed by atoms with Crippen molar-refractivity contribution in [2.24, 2.45) is 7.05 Å². The van der Waals surface area contributed by atoms with E-state index >= 15 is 0 Å². The number of para-hydroxylation sites is 1. The standard InChI is InChI=1S/C22H23N3O2S/c1-24-11-19(18-4-2-3-5-20(18)24)21(26)25-14-22(15-25)10-17(13-28-22)27-12-16-6-8-23-9-7-16/h2-9,11,17H,10,12-15H2,1H3. The van der Waals surface area contributed by atoms with Gasteiger partial charge in [0.1, 0.15) is 0 Å². The van der Waals surface area contributed by atoms with E-state index in [1.165, 1.54) is 0 Å². The molecule has 0 N–H and O–H groups in total. The molecule has 1 aromatic carbocycles. The summed E-state index contributed by atoms with van der Waals surface area (Å²) < 4.78 is 8.31. The minimum absolute atomic E-state index is 0.143. The summed E-state index contributed by atoms with van der Waals surface area (Å²) in [6.07, 6.45) is 6.83. The van der Waals surface area contributed by atoms with Crippen molar-refractivity contribution < 1.29 is 9.53 Å². The van der Waals surface area contributed by atoms with Gasteiger partial charge in [-0.15, -0.1) is 11.8 Å². The molecular formula is C22H23N3O2S. The van der Waals surface area contributed by atoms with Crippen LogP contribution < -0.4 is 0 Å². The van der Waals surface area contributed by atoms with Crippen molar-refractivity contribution in [1.82, 2.24) is 14.5 Å². The summed E-state index contributed by atoms with van der Waals surface area (Å²) in [7, 11) is 1.99. The number of ether oxygens (including phenoxy) is 1. The van der Waals surface area contributed by atoms with Crippen LogP contribution in [0.4, 0.5) is 0 Å². The first kappa shape index (κ1) is 17.8. The number of hydrogen-bond acceptors (Lipinski definition) is 4. The molecule has 5 nitrogen and oxygen atoms in total. The lowest BCUT2D eigenvalue weighted by Gasteiger charge is -2.47. The number of likely N-dealkylation sites (tertiary alicyclic amines) is 1. The van der Waals surface area contributed by atoms with Crippen LogP contribution in [0, 0.1) is 0 Å². The zero-order valence-corrected chi connectivity index (χ0v) is 16.7. The number of carbonyl (C=O) groups is 1. The van der Waals surface area contributed by atoms with Gasteiger partial charge in [0, 0.05) is 55.4 Å². The van der Waals surface area contributed by atoms with Crippen molar-refractivity contribution in [3.05, 3.63) is 66.1 Å². The van der Waals surface area contributed by atoms with Gasteiger partial charge in [-0.3, -0.25) is 9.78 Å². The van der Waals surface area contributed by atoms with E-state index in [0.717, 1.165) is 47.3 Å². The number of benzene rings is 1. The van der Waals surface area contributed by atoms with E-state index in [2.05, 4.69) is 11.1 Å². The molecule has 1 amide bonds. The minimum Gasteiger partial charge on any atom is -0.373 e. The van der Waals surface area contributed by atoms with E-state index in [9.17, 15) is 4.79 Å². The Bertz CT molecular complexity index is 1010. The van der Waals surface area contributed by atoms with Crippen molar-refractivity contribution in [1.29, 1.82) is 0 Å². The maximum atomic E-state index is 13.1. The van der Waals surface area contributed by atoms with Crippen LogP contribution in [0.2, 0.25) is 0 Å². The van der Waals surface area contributed by atoms with Crippen LogP contribution in [0.5, 0.6) is 0 Å². The van der Waals surface area contributed by atoms with Crippen molar-refractivity contribution in [3.8, 4) is 0 Å². The third kappa shape index (κ3) is 3.10. The molecule has 2 saturated heterocycles. The molecule has 4 heterocycles. The van der Waals surface area contributed by atoms with Crippen LogP contribution in [-0.4, -0.2) is 50.1 Å². The first-order valence-electron chi connectivity index (χ1n) is 9.61. The highest BCUT2D eigenvalue weighted by Crippen LogP contribution is 2.46. The van der Waals surface area contributed by atoms with E-state index in [0.29, 0.717) is 6.61 Å². The fourth-order valence-electron chi connectivity index (χ4n) is 4.30. The topological polar surface area (TPSA) is 47.4 Å². The number of aromatic nitrogens is 2. The molecule has 0 saturated carbocycles. The molecule has 28 heavy (non-hydrogen) atoms. The lowest BCUT2D eigenvalue weighted by molar-refractivity contribution is 0.0256. The summed E-state index contributed by atoms with van der Waals surface area (Å²) in [4.78, 5) is 19.1. The summed E-state index contributed by atoms with van der Waals surface area (Å²) in [5, 5.41) is 1.04. The number of carbonyl (C=O) groups excluding carboxylic acids is 1. The number of aryl methyl sites for hydroxylation is 1. The monoisotopic (exact) mass is 393 g/mol. The van der Waals surface area contributed by atoms with Crippen molar-refractivity contribution in [2.75, 3.05) is 18.8 Å². The molecule has 2 fully saturated rings. The Labute approximate surface area is 168 Å². The van der Waals surface area contributed by atoms with Gasteiger partial charge >= 0.3 is 0 Å². The van der Waals surface area contributed by atoms with Crippen LogP contribution in [0.1, 0.15) is 22.3 Å². The van der Waals surface area contributed by atoms with Gasteiger partial charge in [0.2, 0.25) is 0 Å². The maximum absolute atomic E-state index is 13.1. The second-order valence-electron chi connectivity index (χ2n) is 7.82. The number of nitrogens with zero attached hydrogens (tertiary/aromatic N) is 3. The molecule has 1 spiro atoms. The lowest BCUT2D eigenvalue weighted by atomic mass is 9.92. The molecule has 0 aliphatic carbocycles. The number of fused-ring (bicyclic) bond motifs is 1. The van der Waals surface area contributed by atoms with Crippen LogP contribution in [0.15, 0.2) is 55.0 Å². The van der Waals surface area contributed by atoms with Gasteiger partial charge in [-0.2, -0.15) is 0 Å². The summed E-state index contributed by atoms with van der Waals surface area (Å²) in [6.45, 7) is 2.26. The Morgan fingerprint density at radius 3 is 2.86 bits per heavy atom. The van der Waals surface area contributed by atoms with E-state index in [-0.39, 0.29) is 16.8 Å². The average molecular weight is 394 g/mol. The number of pyridine rings is 1. The molecule has 2 aliphatic heterocycles. The van der Waals surface area contributed by atoms with Gasteiger partial charge in [0.25, 0.3) is 5.91 Å². The quantitative estimate of drug-likeness (QED) is 0.681. The molecule has 0 radical (unpaired) electrons. The number of thioether (sulfide) groups is 1. The smallest absolute Gasteiger partial charge is 0.256 e. The van der Waals surface area contributed by atoms with Gasteiger partial charge in [-0.05, 0) is 30.2 Å². The Kier molecular flexibility index (Phi) is 4.40. The fraction of sp³-hybridized carbons (Fsp3) is 0.364. The highest BCUT2D eigenvalue weighted by molar-refractivity contribution is 8.01. The molecule has 1 unspecified atom stereocenters. The summed E-state index contributed by atoms with van der Waals surface area (Å²) in [5.41, 5.74) is 3.06. The number of amides is 1. The molecule has 5 rings (SSSR count). The first-order chi connectivity index (χ1) is 13.6. The normalized spacial score (nSPS) is 20.6. The van der Waals surface area contributed by atoms with Crippen LogP contribution in [-0.2, 0) is 18.4 Å². The van der Waals surface area contributed by atoms with Gasteiger partial charge in [0.05, 0.1) is 23.0 Å². The highest BCUT2D eigenvalue weighted by atomic mass is 32.2. The van der Waals surface area contributed by atoms with Crippen molar-refractivity contribution in [2.45, 2.75) is 23.9 Å². The van der Waals surface area contributed by atoms with E-state index in [1.807, 2.05) is 64.8 Å². The van der Waals surface area contributed by atoms with Crippen LogP contribution in [0.25, 0.3) is 10.9 Å². The summed E-state index contributed by atoms with van der Waals surface area (Å²) in [6, 6.07) is 12.1. The molecule has 144 valence electrons. The summed E-state index contributed by atoms with van der Waals surface area (Å²) in [5.74, 6) is 1.14. The fourth-order valence-corrected chi connectivity index (χ4v) is 5.85. The number of hydrogen-bond donors (Lipinski definition) is 0. The van der Waals surface area contributed by atoms with Crippen LogP contribution in [0.3, 0.4) is 0 Å². The second-order valence-corrected chi connectivity index (χ2v) is 9.31. The molecule has 0 bridgehead atoms. The Balaban J connectivity index is 1.21. The third-order valence-corrected chi connectivity index (χ3v) is 7.36. The molecule has 2 aliphatic rings. The lowest BCUT2D eigenvalue weighted by Crippen LogP contribution is -2.60. The van der Waals surface area contributed by atoms with Crippen LogP contribution >= 0.6 is 11.8 Å². The van der Waals surface area contributed by atoms with Gasteiger partial charge in [0.15, 0.2) is 0 Å². The maximum Gasteiger partial charge on any atom is 0.256 e. The molecule has 2 aromatic heterocycles. The zero-order chi connectivity index (χ0) is 19.1. The zero-order valence-electron chi connectivity index (χ0n) is 15.9. The van der Waals surface area contributed by atoms with Gasteiger partial charge in [-0.1, -0.05) is 18.2 Å². The predicted molar refractivity (Wildman–Crippen MR) is 111 cm³/mol. The van der Waals surface area contributed by atoms with Crippen molar-refractivity contribution >= 4 is 28.6 Å². The highest BCUT2D eigenvalue weighted by Gasteiger charge is 2.51. The third-order valence-electron chi connectivity index (χ3n) is 5.78. The average Bonchev–Trinajstić information content (AvgIpc) is 3.28.